The van der Waals surface area contributed by atoms with E-state index < -0.39 is 0 Å². The van der Waals surface area contributed by atoms with Crippen LogP contribution in [-0.4, -0.2) is 4.98 Å². The summed E-state index contributed by atoms with van der Waals surface area (Å²) in [6.07, 6.45) is 5.67. The number of hydrogen-bond acceptors (Lipinski definition) is 2. The molecule has 3 heteroatoms. The Labute approximate surface area is 70.6 Å². The number of hydrogen-bond donors (Lipinski definition) is 2. The Balaban J connectivity index is 2.32. The first kappa shape index (κ1) is 7.55. The van der Waals surface area contributed by atoms with Crippen LogP contribution >= 0.6 is 0 Å². The normalized spacial score (nSPS) is 19.1. The molecule has 0 spiro atoms. The zero-order chi connectivity index (χ0) is 8.55. The quantitative estimate of drug-likeness (QED) is 0.678. The van der Waals surface area contributed by atoms with E-state index in [0.717, 1.165) is 18.4 Å². The first-order valence-corrected chi connectivity index (χ1v) is 4.21. The average Bonchev–Trinajstić information content (AvgIpc) is 2.86. The van der Waals surface area contributed by atoms with Crippen LogP contribution in [0.5, 0.6) is 0 Å². The minimum absolute atomic E-state index is 0.0492. The van der Waals surface area contributed by atoms with Gasteiger partial charge in [-0.05, 0) is 18.8 Å². The summed E-state index contributed by atoms with van der Waals surface area (Å²) in [5.41, 5.74) is 6.65. The Morgan fingerprint density at radius 1 is 1.58 bits per heavy atom. The highest BCUT2D eigenvalue weighted by Crippen LogP contribution is 2.38. The van der Waals surface area contributed by atoms with Crippen molar-refractivity contribution in [3.8, 4) is 0 Å². The molecule has 0 aliphatic heterocycles. The van der Waals surface area contributed by atoms with E-state index in [1.165, 1.54) is 6.07 Å². The van der Waals surface area contributed by atoms with E-state index in [-0.39, 0.29) is 11.5 Å². The molecule has 2 rings (SSSR count). The Hall–Kier alpha value is -1.09. The molecular formula is C9H12N2O. The van der Waals surface area contributed by atoms with Gasteiger partial charge in [0.05, 0.1) is 0 Å². The first-order valence-electron chi connectivity index (χ1n) is 4.21. The molecule has 0 radical (unpaired) electrons. The summed E-state index contributed by atoms with van der Waals surface area (Å²) in [5.74, 6) is 0.536. The third-order valence-electron chi connectivity index (χ3n) is 2.34. The van der Waals surface area contributed by atoms with Crippen LogP contribution in [0.3, 0.4) is 0 Å². The molecule has 0 bridgehead atoms. The summed E-state index contributed by atoms with van der Waals surface area (Å²) in [5, 5.41) is 0. The number of H-pyrrole nitrogens is 1. The van der Waals surface area contributed by atoms with E-state index in [9.17, 15) is 4.79 Å². The molecule has 1 aliphatic rings. The van der Waals surface area contributed by atoms with Crippen LogP contribution in [0.1, 0.15) is 24.4 Å². The maximum Gasteiger partial charge on any atom is 0.186 e. The smallest absolute Gasteiger partial charge is 0.186 e. The minimum Gasteiger partial charge on any atom is -0.367 e. The second kappa shape index (κ2) is 2.75. The topological polar surface area (TPSA) is 58.9 Å². The van der Waals surface area contributed by atoms with Crippen LogP contribution in [0, 0.1) is 5.92 Å². The first-order chi connectivity index (χ1) is 5.79. The fourth-order valence-electron chi connectivity index (χ4n) is 1.40. The van der Waals surface area contributed by atoms with E-state index in [4.69, 9.17) is 5.73 Å². The van der Waals surface area contributed by atoms with Gasteiger partial charge in [0.15, 0.2) is 5.43 Å². The van der Waals surface area contributed by atoms with Gasteiger partial charge in [-0.1, -0.05) is 0 Å². The molecular weight excluding hydrogens is 152 g/mol. The van der Waals surface area contributed by atoms with E-state index in [2.05, 4.69) is 4.98 Å². The predicted molar refractivity (Wildman–Crippen MR) is 46.7 cm³/mol. The third-order valence-corrected chi connectivity index (χ3v) is 2.34. The van der Waals surface area contributed by atoms with Crippen molar-refractivity contribution in [2.75, 3.05) is 0 Å². The van der Waals surface area contributed by atoms with Crippen molar-refractivity contribution in [3.63, 3.8) is 0 Å². The standard InChI is InChI=1S/C9H12N2O/c10-9(6-1-2-6)7-5-11-4-3-8(7)12/h3-6,9H,1-2,10H2,(H,11,12)/t9-/m1/s1. The summed E-state index contributed by atoms with van der Waals surface area (Å²) >= 11 is 0. The van der Waals surface area contributed by atoms with Crippen LogP contribution in [0.4, 0.5) is 0 Å². The molecule has 1 fully saturated rings. The molecule has 0 aromatic carbocycles. The predicted octanol–water partition coefficient (Wildman–Crippen LogP) is 0.785. The second-order valence-corrected chi connectivity index (χ2v) is 3.33. The minimum atomic E-state index is -0.0602. The van der Waals surface area contributed by atoms with Gasteiger partial charge in [-0.3, -0.25) is 4.79 Å². The molecule has 64 valence electrons. The van der Waals surface area contributed by atoms with Crippen molar-refractivity contribution < 1.29 is 0 Å². The number of nitrogens with one attached hydrogen (secondary N) is 1. The van der Waals surface area contributed by atoms with Crippen molar-refractivity contribution in [1.82, 2.24) is 4.98 Å². The average molecular weight is 164 g/mol. The molecule has 1 aromatic rings. The number of aromatic nitrogens is 1. The van der Waals surface area contributed by atoms with Gasteiger partial charge in [0.2, 0.25) is 0 Å². The van der Waals surface area contributed by atoms with Gasteiger partial charge in [0.1, 0.15) is 0 Å². The molecule has 12 heavy (non-hydrogen) atoms. The zero-order valence-electron chi connectivity index (χ0n) is 6.79. The zero-order valence-corrected chi connectivity index (χ0v) is 6.79. The summed E-state index contributed by atoms with van der Waals surface area (Å²) in [4.78, 5) is 14.2. The Kier molecular flexibility index (Phi) is 1.73. The highest BCUT2D eigenvalue weighted by molar-refractivity contribution is 5.16. The maximum absolute atomic E-state index is 11.3. The highest BCUT2D eigenvalue weighted by atomic mass is 16.1. The van der Waals surface area contributed by atoms with Crippen LogP contribution in [-0.2, 0) is 0 Å². The Morgan fingerprint density at radius 3 is 2.92 bits per heavy atom. The van der Waals surface area contributed by atoms with E-state index >= 15 is 0 Å². The van der Waals surface area contributed by atoms with Gasteiger partial charge in [-0.25, -0.2) is 0 Å². The summed E-state index contributed by atoms with van der Waals surface area (Å²) in [6.45, 7) is 0. The van der Waals surface area contributed by atoms with Gasteiger partial charge in [0, 0.05) is 30.1 Å². The van der Waals surface area contributed by atoms with Gasteiger partial charge in [0.25, 0.3) is 0 Å². The summed E-state index contributed by atoms with van der Waals surface area (Å²) < 4.78 is 0. The lowest BCUT2D eigenvalue weighted by atomic mass is 10.1. The summed E-state index contributed by atoms with van der Waals surface area (Å²) in [7, 11) is 0. The van der Waals surface area contributed by atoms with E-state index in [0.29, 0.717) is 5.92 Å². The molecule has 1 atom stereocenters. The number of nitrogens with two attached hydrogens (primary N) is 1. The van der Waals surface area contributed by atoms with Crippen LogP contribution in [0.25, 0.3) is 0 Å². The molecule has 0 saturated heterocycles. The van der Waals surface area contributed by atoms with Crippen LogP contribution < -0.4 is 11.2 Å². The molecule has 0 amide bonds. The Bertz CT molecular complexity index is 327. The van der Waals surface area contributed by atoms with Gasteiger partial charge < -0.3 is 10.7 Å². The van der Waals surface area contributed by atoms with Crippen LogP contribution in [0.15, 0.2) is 23.3 Å². The van der Waals surface area contributed by atoms with Crippen molar-refractivity contribution in [1.29, 1.82) is 0 Å². The summed E-state index contributed by atoms with van der Waals surface area (Å²) in [6, 6.07) is 1.47. The molecule has 3 N–H and O–H groups in total. The maximum atomic E-state index is 11.3. The van der Waals surface area contributed by atoms with Crippen LogP contribution in [0.2, 0.25) is 0 Å². The number of aromatic amines is 1. The third kappa shape index (κ3) is 1.28. The lowest BCUT2D eigenvalue weighted by Crippen LogP contribution is -2.20. The molecule has 1 aromatic heterocycles. The number of pyridine rings is 1. The molecule has 1 aliphatic carbocycles. The Morgan fingerprint density at radius 2 is 2.33 bits per heavy atom. The van der Waals surface area contributed by atoms with Gasteiger partial charge in [-0.2, -0.15) is 0 Å². The SMILES string of the molecule is N[C@@H](c1c[nH]ccc1=O)C1CC1. The van der Waals surface area contributed by atoms with E-state index in [1.807, 2.05) is 0 Å². The van der Waals surface area contributed by atoms with Gasteiger partial charge >= 0.3 is 0 Å². The fourth-order valence-corrected chi connectivity index (χ4v) is 1.40. The molecule has 1 heterocycles. The molecule has 0 unspecified atom stereocenters. The molecule has 3 nitrogen and oxygen atoms in total. The van der Waals surface area contributed by atoms with Gasteiger partial charge in [-0.15, -0.1) is 0 Å². The van der Waals surface area contributed by atoms with Crippen molar-refractivity contribution in [2.24, 2.45) is 11.7 Å². The van der Waals surface area contributed by atoms with Crippen molar-refractivity contribution >= 4 is 0 Å². The van der Waals surface area contributed by atoms with Crippen molar-refractivity contribution in [3.05, 3.63) is 34.2 Å². The van der Waals surface area contributed by atoms with Crippen molar-refractivity contribution in [2.45, 2.75) is 18.9 Å². The second-order valence-electron chi connectivity index (χ2n) is 3.33. The fraction of sp³-hybridized carbons (Fsp3) is 0.444. The lowest BCUT2D eigenvalue weighted by molar-refractivity contribution is 0.627. The largest absolute Gasteiger partial charge is 0.367 e. The number of rotatable bonds is 2. The monoisotopic (exact) mass is 164 g/mol. The molecule has 1 saturated carbocycles. The van der Waals surface area contributed by atoms with E-state index in [1.54, 1.807) is 12.4 Å². The lowest BCUT2D eigenvalue weighted by Gasteiger charge is -2.07. The highest BCUT2D eigenvalue weighted by Gasteiger charge is 2.30.